The number of nitrogens with one attached hydrogen (secondary N) is 1. The predicted molar refractivity (Wildman–Crippen MR) is 188 cm³/mol. The van der Waals surface area contributed by atoms with E-state index in [-0.39, 0.29) is 30.0 Å². The Morgan fingerprint density at radius 3 is 2.47 bits per heavy atom. The van der Waals surface area contributed by atoms with Crippen molar-refractivity contribution in [3.63, 3.8) is 0 Å². The number of ether oxygens (including phenoxy) is 3. The molecule has 2 N–H and O–H groups in total. The lowest BCUT2D eigenvalue weighted by Gasteiger charge is -2.42. The molecule has 0 radical (unpaired) electrons. The first-order valence-corrected chi connectivity index (χ1v) is 18.6. The van der Waals surface area contributed by atoms with E-state index in [4.69, 9.17) is 34.3 Å². The Morgan fingerprint density at radius 2 is 1.73 bits per heavy atom. The van der Waals surface area contributed by atoms with Crippen molar-refractivity contribution in [3.8, 4) is 11.4 Å². The third kappa shape index (κ3) is 5.88. The number of pyridine rings is 1. The minimum Gasteiger partial charge on any atom is -0.465 e. The predicted octanol–water partition coefficient (Wildman–Crippen LogP) is 5.21. The summed E-state index contributed by atoms with van der Waals surface area (Å²) in [6.07, 6.45) is 11.8. The number of carboxylic acid groups (broad SMARTS) is 1. The van der Waals surface area contributed by atoms with Crippen LogP contribution in [0.4, 0.5) is 22.1 Å². The second-order valence-electron chi connectivity index (χ2n) is 14.7. The maximum Gasteiger partial charge on any atom is 0.404 e. The molecule has 5 aliphatic rings. The molecular formula is C36H46N10O5. The number of hydrogen-bond donors (Lipinski definition) is 2. The lowest BCUT2D eigenvalue weighted by atomic mass is 9.73. The monoisotopic (exact) mass is 698 g/mol. The first-order valence-electron chi connectivity index (χ1n) is 18.6. The van der Waals surface area contributed by atoms with Crippen LogP contribution in [-0.2, 0) is 20.6 Å². The number of nitrogens with zero attached hydrogens (tertiary/aromatic N) is 9. The number of rotatable bonds is 6. The van der Waals surface area contributed by atoms with Crippen LogP contribution in [0.5, 0.6) is 0 Å². The number of aryl methyl sites for hydroxylation is 1. The first kappa shape index (κ1) is 32.6. The Labute approximate surface area is 296 Å². The van der Waals surface area contributed by atoms with E-state index in [1.807, 2.05) is 34.7 Å². The van der Waals surface area contributed by atoms with Gasteiger partial charge in [0, 0.05) is 44.5 Å². The normalized spacial score (nSPS) is 26.5. The van der Waals surface area contributed by atoms with Crippen LogP contribution in [0.2, 0.25) is 0 Å². The molecule has 51 heavy (non-hydrogen) atoms. The highest BCUT2D eigenvalue weighted by Crippen LogP contribution is 2.44. The fourth-order valence-electron chi connectivity index (χ4n) is 8.83. The van der Waals surface area contributed by atoms with Crippen molar-refractivity contribution in [3.05, 3.63) is 36.3 Å². The lowest BCUT2D eigenvalue weighted by Crippen LogP contribution is -2.54. The number of amides is 1. The second-order valence-corrected chi connectivity index (χ2v) is 14.7. The molecule has 0 aliphatic carbocycles. The summed E-state index contributed by atoms with van der Waals surface area (Å²) in [6.45, 7) is 6.21. The van der Waals surface area contributed by atoms with Crippen LogP contribution >= 0.6 is 0 Å². The SMILES string of the molecule is C[C@@H]1OCC2(CCN(c3cnc4c(N5CCCc6nc(-c7ccnn7C7CCCCO7)ccc65)nn(C5CCCCO5)c4n3)CC2)[C@@H]1NC(=O)O. The van der Waals surface area contributed by atoms with Crippen molar-refractivity contribution >= 4 is 34.6 Å². The molecule has 270 valence electrons. The molecule has 0 aromatic carbocycles. The van der Waals surface area contributed by atoms with Gasteiger partial charge in [-0.05, 0) is 89.3 Å². The van der Waals surface area contributed by atoms with Gasteiger partial charge in [0.1, 0.15) is 5.82 Å². The molecule has 9 heterocycles. The maximum atomic E-state index is 11.6. The average molecular weight is 699 g/mol. The van der Waals surface area contributed by atoms with Gasteiger partial charge >= 0.3 is 6.09 Å². The van der Waals surface area contributed by atoms with Gasteiger partial charge < -0.3 is 34.4 Å². The quantitative estimate of drug-likeness (QED) is 0.271. The fraction of sp³-hybridized carbons (Fsp3) is 0.611. The van der Waals surface area contributed by atoms with E-state index in [1.54, 1.807) is 0 Å². The molecular weight excluding hydrogens is 652 g/mol. The molecule has 4 saturated heterocycles. The van der Waals surface area contributed by atoms with E-state index in [9.17, 15) is 9.90 Å². The highest BCUT2D eigenvalue weighted by Gasteiger charge is 2.50. The summed E-state index contributed by atoms with van der Waals surface area (Å²) in [5.41, 5.74) is 5.16. The second kappa shape index (κ2) is 13.3. The number of carbonyl (C=O) groups is 1. The van der Waals surface area contributed by atoms with Crippen LogP contribution in [0.1, 0.15) is 82.9 Å². The number of hydrogen-bond acceptors (Lipinski definition) is 11. The largest absolute Gasteiger partial charge is 0.465 e. The Hall–Kier alpha value is -4.34. The van der Waals surface area contributed by atoms with Crippen molar-refractivity contribution < 1.29 is 24.1 Å². The smallest absolute Gasteiger partial charge is 0.404 e. The third-order valence-corrected chi connectivity index (χ3v) is 11.6. The van der Waals surface area contributed by atoms with Crippen LogP contribution in [-0.4, -0.2) is 97.3 Å². The molecule has 9 rings (SSSR count). The van der Waals surface area contributed by atoms with Crippen LogP contribution < -0.4 is 15.1 Å². The zero-order valence-electron chi connectivity index (χ0n) is 29.1. The Kier molecular flexibility index (Phi) is 8.51. The average Bonchev–Trinajstić information content (AvgIpc) is 3.89. The lowest BCUT2D eigenvalue weighted by molar-refractivity contribution is -0.0384. The standard InChI is InChI=1S/C36H46N10O5/c1-23-32(41-35(47)48)36(22-51-23)13-17-43(18-14-36)28-21-37-31-33(40-28)46(30-9-3-5-20-50-30)42-34(31)44-16-6-7-24-26(44)11-10-25(39-24)27-12-15-38-45(27)29-8-2-4-19-49-29/h10-12,15,21,23,29-30,32,41H,2-9,13-14,16-20,22H2,1H3,(H,47,48)/t23-,29?,30?,32+/m0/s1. The number of anilines is 3. The van der Waals surface area contributed by atoms with Gasteiger partial charge in [-0.25, -0.2) is 29.1 Å². The Bertz CT molecular complexity index is 1890. The summed E-state index contributed by atoms with van der Waals surface area (Å²) >= 11 is 0. The number of aromatic nitrogens is 7. The van der Waals surface area contributed by atoms with Crippen LogP contribution in [0.3, 0.4) is 0 Å². The molecule has 0 saturated carbocycles. The van der Waals surface area contributed by atoms with Gasteiger partial charge in [-0.3, -0.25) is 0 Å². The number of piperidine rings is 1. The van der Waals surface area contributed by atoms with Gasteiger partial charge in [-0.1, -0.05) is 0 Å². The van der Waals surface area contributed by atoms with Crippen molar-refractivity contribution in [2.45, 2.75) is 95.7 Å². The van der Waals surface area contributed by atoms with E-state index in [1.165, 1.54) is 0 Å². The van der Waals surface area contributed by atoms with Crippen LogP contribution in [0.15, 0.2) is 30.6 Å². The molecule has 1 amide bonds. The van der Waals surface area contributed by atoms with Crippen molar-refractivity contribution in [2.24, 2.45) is 5.41 Å². The molecule has 15 heteroatoms. The molecule has 4 fully saturated rings. The first-order chi connectivity index (χ1) is 25.0. The summed E-state index contributed by atoms with van der Waals surface area (Å²) in [6, 6.07) is 6.03. The van der Waals surface area contributed by atoms with Crippen molar-refractivity contribution in [1.29, 1.82) is 0 Å². The Balaban J connectivity index is 1.02. The summed E-state index contributed by atoms with van der Waals surface area (Å²) in [5, 5.41) is 22.1. The molecule has 4 aromatic heterocycles. The zero-order chi connectivity index (χ0) is 34.5. The fourth-order valence-corrected chi connectivity index (χ4v) is 8.83. The van der Waals surface area contributed by atoms with E-state index >= 15 is 0 Å². The highest BCUT2D eigenvalue weighted by atomic mass is 16.5. The van der Waals surface area contributed by atoms with Gasteiger partial charge in [0.25, 0.3) is 0 Å². The zero-order valence-corrected chi connectivity index (χ0v) is 29.1. The van der Waals surface area contributed by atoms with E-state index < -0.39 is 6.09 Å². The minimum absolute atomic E-state index is 0.0591. The summed E-state index contributed by atoms with van der Waals surface area (Å²) < 4.78 is 22.2. The van der Waals surface area contributed by atoms with E-state index in [0.29, 0.717) is 18.9 Å². The van der Waals surface area contributed by atoms with Gasteiger partial charge in [0.05, 0.1) is 47.7 Å². The molecule has 5 aliphatic heterocycles. The van der Waals surface area contributed by atoms with Crippen molar-refractivity contribution in [1.82, 2.24) is 39.8 Å². The van der Waals surface area contributed by atoms with Gasteiger partial charge in [0.15, 0.2) is 29.4 Å². The summed E-state index contributed by atoms with van der Waals surface area (Å²) in [7, 11) is 0. The summed E-state index contributed by atoms with van der Waals surface area (Å²) in [5.74, 6) is 1.56. The van der Waals surface area contributed by atoms with E-state index in [2.05, 4.69) is 32.3 Å². The third-order valence-electron chi connectivity index (χ3n) is 11.6. The molecule has 0 bridgehead atoms. The van der Waals surface area contributed by atoms with Gasteiger partial charge in [0.2, 0.25) is 0 Å². The summed E-state index contributed by atoms with van der Waals surface area (Å²) in [4.78, 5) is 31.5. The molecule has 1 spiro atoms. The molecule has 2 unspecified atom stereocenters. The van der Waals surface area contributed by atoms with Crippen LogP contribution in [0.25, 0.3) is 22.6 Å². The molecule has 15 nitrogen and oxygen atoms in total. The highest BCUT2D eigenvalue weighted by molar-refractivity contribution is 5.88. The molecule has 4 atom stereocenters. The number of fused-ring (bicyclic) bond motifs is 2. The van der Waals surface area contributed by atoms with Gasteiger partial charge in [-0.15, -0.1) is 5.10 Å². The maximum absolute atomic E-state index is 11.6. The topological polar surface area (TPSA) is 158 Å². The molecule has 4 aromatic rings. The van der Waals surface area contributed by atoms with Crippen LogP contribution in [0, 0.1) is 5.41 Å². The van der Waals surface area contributed by atoms with Gasteiger partial charge in [-0.2, -0.15) is 5.10 Å². The Morgan fingerprint density at radius 1 is 0.941 bits per heavy atom. The van der Waals surface area contributed by atoms with E-state index in [0.717, 1.165) is 130 Å². The van der Waals surface area contributed by atoms with Crippen molar-refractivity contribution in [2.75, 3.05) is 49.3 Å². The minimum atomic E-state index is -1.01.